The molecule has 0 saturated carbocycles. The van der Waals surface area contributed by atoms with Crippen molar-refractivity contribution in [3.05, 3.63) is 52.9 Å². The van der Waals surface area contributed by atoms with E-state index in [4.69, 9.17) is 0 Å². The van der Waals surface area contributed by atoms with Gasteiger partial charge < -0.3 is 10.2 Å². The van der Waals surface area contributed by atoms with Crippen LogP contribution in [0, 0.1) is 0 Å². The molecule has 0 spiro atoms. The second-order valence-corrected chi connectivity index (χ2v) is 8.25. The zero-order valence-corrected chi connectivity index (χ0v) is 16.1. The summed E-state index contributed by atoms with van der Waals surface area (Å²) in [6.45, 7) is 2.25. The molecule has 3 heterocycles. The Morgan fingerprint density at radius 2 is 1.88 bits per heavy atom. The van der Waals surface area contributed by atoms with Gasteiger partial charge in [0, 0.05) is 29.8 Å². The lowest BCUT2D eigenvalue weighted by molar-refractivity contribution is -0.115. The van der Waals surface area contributed by atoms with Crippen molar-refractivity contribution in [1.82, 2.24) is 4.98 Å². The smallest absolute Gasteiger partial charge is 0.230 e. The molecule has 1 saturated heterocycles. The Balaban J connectivity index is 1.34. The van der Waals surface area contributed by atoms with E-state index in [0.717, 1.165) is 34.4 Å². The van der Waals surface area contributed by atoms with Crippen molar-refractivity contribution < 1.29 is 4.79 Å². The Bertz CT molecular complexity index is 850. The second-order valence-electron chi connectivity index (χ2n) is 6.44. The number of anilines is 2. The van der Waals surface area contributed by atoms with Gasteiger partial charge in [0.05, 0.1) is 17.0 Å². The van der Waals surface area contributed by atoms with Gasteiger partial charge in [-0.25, -0.2) is 4.98 Å². The van der Waals surface area contributed by atoms with E-state index in [1.54, 1.807) is 22.7 Å². The van der Waals surface area contributed by atoms with E-state index in [2.05, 4.69) is 33.4 Å². The van der Waals surface area contributed by atoms with E-state index < -0.39 is 0 Å². The van der Waals surface area contributed by atoms with Crippen molar-refractivity contribution in [3.63, 3.8) is 0 Å². The maximum absolute atomic E-state index is 12.3. The minimum Gasteiger partial charge on any atom is -0.372 e. The summed E-state index contributed by atoms with van der Waals surface area (Å²) in [7, 11) is 0. The molecule has 0 radical (unpaired) electrons. The van der Waals surface area contributed by atoms with Crippen LogP contribution in [-0.4, -0.2) is 24.0 Å². The van der Waals surface area contributed by atoms with Crippen molar-refractivity contribution in [2.24, 2.45) is 0 Å². The predicted octanol–water partition coefficient (Wildman–Crippen LogP) is 5.04. The third kappa shape index (κ3) is 4.14. The monoisotopic (exact) mass is 383 g/mol. The molecule has 0 atom stereocenters. The van der Waals surface area contributed by atoms with Crippen molar-refractivity contribution >= 4 is 40.0 Å². The molecule has 2 aromatic heterocycles. The Hall–Kier alpha value is -2.18. The van der Waals surface area contributed by atoms with Crippen LogP contribution in [0.5, 0.6) is 0 Å². The van der Waals surface area contributed by atoms with Gasteiger partial charge in [-0.05, 0) is 55.0 Å². The predicted molar refractivity (Wildman–Crippen MR) is 110 cm³/mol. The van der Waals surface area contributed by atoms with Crippen LogP contribution >= 0.6 is 22.7 Å². The fourth-order valence-corrected chi connectivity index (χ4v) is 4.81. The highest BCUT2D eigenvalue weighted by Crippen LogP contribution is 2.28. The molecule has 0 aliphatic carbocycles. The first-order valence-electron chi connectivity index (χ1n) is 8.91. The zero-order chi connectivity index (χ0) is 17.8. The number of carbonyl (C=O) groups excluding carboxylic acids is 1. The number of piperidine rings is 1. The zero-order valence-electron chi connectivity index (χ0n) is 14.5. The van der Waals surface area contributed by atoms with Crippen LogP contribution in [0.4, 0.5) is 11.4 Å². The normalized spacial score (nSPS) is 14.4. The molecule has 1 fully saturated rings. The summed E-state index contributed by atoms with van der Waals surface area (Å²) in [6.07, 6.45) is 4.16. The maximum atomic E-state index is 12.3. The first-order valence-corrected chi connectivity index (χ1v) is 10.7. The largest absolute Gasteiger partial charge is 0.372 e. The van der Waals surface area contributed by atoms with E-state index >= 15 is 0 Å². The standard InChI is InChI=1S/C20H21N3OS2/c24-19(13-16-14-26-20(22-16)18-5-4-12-25-18)21-15-6-8-17(9-7-15)23-10-2-1-3-11-23/h4-9,12,14H,1-3,10-11,13H2,(H,21,24). The van der Waals surface area contributed by atoms with Gasteiger partial charge in [-0.2, -0.15) is 0 Å². The fraction of sp³-hybridized carbons (Fsp3) is 0.300. The van der Waals surface area contributed by atoms with Gasteiger partial charge in [0.15, 0.2) is 0 Å². The number of hydrogen-bond donors (Lipinski definition) is 1. The number of hydrogen-bond acceptors (Lipinski definition) is 5. The molecule has 1 aromatic carbocycles. The highest BCUT2D eigenvalue weighted by Gasteiger charge is 2.12. The number of rotatable bonds is 5. The molecule has 0 bridgehead atoms. The summed E-state index contributed by atoms with van der Waals surface area (Å²) in [4.78, 5) is 20.4. The molecule has 1 aliphatic rings. The third-order valence-electron chi connectivity index (χ3n) is 4.50. The highest BCUT2D eigenvalue weighted by molar-refractivity contribution is 7.20. The van der Waals surface area contributed by atoms with Crippen molar-refractivity contribution in [1.29, 1.82) is 0 Å². The van der Waals surface area contributed by atoms with Crippen LogP contribution in [0.1, 0.15) is 25.0 Å². The van der Waals surface area contributed by atoms with E-state index in [-0.39, 0.29) is 5.91 Å². The SMILES string of the molecule is O=C(Cc1csc(-c2cccs2)n1)Nc1ccc(N2CCCCC2)cc1. The summed E-state index contributed by atoms with van der Waals surface area (Å²) >= 11 is 3.25. The number of nitrogens with zero attached hydrogens (tertiary/aromatic N) is 2. The lowest BCUT2D eigenvalue weighted by Gasteiger charge is -2.28. The first-order chi connectivity index (χ1) is 12.8. The van der Waals surface area contributed by atoms with Crippen molar-refractivity contribution in [3.8, 4) is 9.88 Å². The Kier molecular flexibility index (Phi) is 5.32. The molecule has 3 aromatic rings. The van der Waals surface area contributed by atoms with E-state index in [1.165, 1.54) is 24.9 Å². The number of carbonyl (C=O) groups is 1. The Labute approximate surface area is 161 Å². The first kappa shape index (κ1) is 17.2. The molecule has 0 unspecified atom stereocenters. The van der Waals surface area contributed by atoms with Crippen LogP contribution < -0.4 is 10.2 Å². The van der Waals surface area contributed by atoms with Crippen LogP contribution in [0.3, 0.4) is 0 Å². The Morgan fingerprint density at radius 3 is 2.62 bits per heavy atom. The van der Waals surface area contributed by atoms with Crippen LogP contribution in [0.2, 0.25) is 0 Å². The summed E-state index contributed by atoms with van der Waals surface area (Å²) in [5.74, 6) is -0.0289. The number of nitrogens with one attached hydrogen (secondary N) is 1. The number of aromatic nitrogens is 1. The minimum absolute atomic E-state index is 0.0289. The molecule has 4 nitrogen and oxygen atoms in total. The minimum atomic E-state index is -0.0289. The lowest BCUT2D eigenvalue weighted by atomic mass is 10.1. The van der Waals surface area contributed by atoms with Gasteiger partial charge in [0.1, 0.15) is 5.01 Å². The third-order valence-corrected chi connectivity index (χ3v) is 6.43. The summed E-state index contributed by atoms with van der Waals surface area (Å²) in [6, 6.07) is 12.2. The van der Waals surface area contributed by atoms with Crippen molar-refractivity contribution in [2.75, 3.05) is 23.3 Å². The van der Waals surface area contributed by atoms with Gasteiger partial charge in [0.2, 0.25) is 5.91 Å². The molecule has 26 heavy (non-hydrogen) atoms. The van der Waals surface area contributed by atoms with Gasteiger partial charge >= 0.3 is 0 Å². The van der Waals surface area contributed by atoms with Gasteiger partial charge in [0.25, 0.3) is 0 Å². The summed E-state index contributed by atoms with van der Waals surface area (Å²) in [5, 5.41) is 7.96. The highest BCUT2D eigenvalue weighted by atomic mass is 32.1. The molecular formula is C20H21N3OS2. The topological polar surface area (TPSA) is 45.2 Å². The number of benzene rings is 1. The summed E-state index contributed by atoms with van der Waals surface area (Å²) in [5.41, 5.74) is 2.90. The van der Waals surface area contributed by atoms with Crippen LogP contribution in [-0.2, 0) is 11.2 Å². The van der Waals surface area contributed by atoms with Gasteiger partial charge in [-0.3, -0.25) is 4.79 Å². The van der Waals surface area contributed by atoms with E-state index in [9.17, 15) is 4.79 Å². The van der Waals surface area contributed by atoms with E-state index in [0.29, 0.717) is 6.42 Å². The summed E-state index contributed by atoms with van der Waals surface area (Å²) < 4.78 is 0. The van der Waals surface area contributed by atoms with E-state index in [1.807, 2.05) is 29.0 Å². The van der Waals surface area contributed by atoms with Gasteiger partial charge in [-0.15, -0.1) is 22.7 Å². The average Bonchev–Trinajstić information content (AvgIpc) is 3.35. The second kappa shape index (κ2) is 8.01. The average molecular weight is 384 g/mol. The number of amides is 1. The van der Waals surface area contributed by atoms with Gasteiger partial charge in [-0.1, -0.05) is 6.07 Å². The maximum Gasteiger partial charge on any atom is 0.230 e. The Morgan fingerprint density at radius 1 is 1.08 bits per heavy atom. The molecule has 1 amide bonds. The molecular weight excluding hydrogens is 362 g/mol. The lowest BCUT2D eigenvalue weighted by Crippen LogP contribution is -2.29. The number of thiazole rings is 1. The van der Waals surface area contributed by atoms with Crippen LogP contribution in [0.15, 0.2) is 47.2 Å². The van der Waals surface area contributed by atoms with Crippen LogP contribution in [0.25, 0.3) is 9.88 Å². The molecule has 4 rings (SSSR count). The molecule has 6 heteroatoms. The molecule has 1 aliphatic heterocycles. The molecule has 1 N–H and O–H groups in total. The quantitative estimate of drug-likeness (QED) is 0.671. The fourth-order valence-electron chi connectivity index (χ4n) is 3.18. The van der Waals surface area contributed by atoms with Crippen molar-refractivity contribution in [2.45, 2.75) is 25.7 Å². The molecule has 134 valence electrons. The number of thiophene rings is 1.